The minimum Gasteiger partial charge on any atom is 0 e. The van der Waals surface area contributed by atoms with Crippen molar-refractivity contribution in [1.82, 2.24) is 0 Å². The fourth-order valence-electron chi connectivity index (χ4n) is 0.408. The third kappa shape index (κ3) is 209. The summed E-state index contributed by atoms with van der Waals surface area (Å²) in [4.78, 5) is 0. The van der Waals surface area contributed by atoms with Crippen LogP contribution in [-0.4, -0.2) is 12.3 Å². The van der Waals surface area contributed by atoms with Crippen molar-refractivity contribution in [1.29, 1.82) is 0 Å². The van der Waals surface area contributed by atoms with Crippen LogP contribution in [0.15, 0.2) is 0 Å². The van der Waals surface area contributed by atoms with Crippen molar-refractivity contribution in [3.8, 4) is 0 Å². The van der Waals surface area contributed by atoms with Gasteiger partial charge in [0.05, 0.1) is 0 Å². The van der Waals surface area contributed by atoms with Gasteiger partial charge in [-0.25, -0.2) is 0 Å². The van der Waals surface area contributed by atoms with Crippen molar-refractivity contribution in [2.24, 2.45) is 0 Å². The van der Waals surface area contributed by atoms with Gasteiger partial charge in [-0.05, 0) is 12.3 Å². The van der Waals surface area contributed by atoms with Crippen molar-refractivity contribution in [2.75, 3.05) is 12.3 Å². The van der Waals surface area contributed by atoms with Crippen LogP contribution in [-0.2, 0) is 126 Å². The summed E-state index contributed by atoms with van der Waals surface area (Å²) in [7, 11) is 15.2. The molecule has 0 saturated carbocycles. The van der Waals surface area contributed by atoms with Crippen molar-refractivity contribution >= 4 is 37.1 Å². The van der Waals surface area contributed by atoms with E-state index in [1.807, 2.05) is 40.5 Å². The summed E-state index contributed by atoms with van der Waals surface area (Å²) in [6.07, 6.45) is 11.9. The molecule has 0 aliphatic rings. The molecular weight excluding hydrogens is 588 g/mol. The number of rotatable bonds is 4. The average molecular weight is 624 g/mol. The first kappa shape index (κ1) is 63.0. The molecule has 10 heteroatoms. The molecule has 2 unspecified atom stereocenters. The van der Waals surface area contributed by atoms with E-state index in [-0.39, 0.29) is 109 Å². The Morgan fingerprint density at radius 3 is 0.833 bits per heavy atom. The van der Waals surface area contributed by atoms with Crippen LogP contribution in [0.1, 0.15) is 67.2 Å². The Balaban J connectivity index is -0.0000000124. The van der Waals surface area contributed by atoms with Crippen LogP contribution in [0.4, 0.5) is 0 Å². The fraction of sp³-hybridized carbons (Fsp3) is 0.857. The summed E-state index contributed by atoms with van der Waals surface area (Å²) in [6.45, 7) is 12.4. The van der Waals surface area contributed by atoms with Crippen molar-refractivity contribution in [3.05, 3.63) is 12.8 Å². The van der Waals surface area contributed by atoms with Gasteiger partial charge in [-0.15, -0.1) is 18.5 Å². The Bertz CT molecular complexity index is 79.5. The second-order valence-corrected chi connectivity index (χ2v) is 7.24. The van der Waals surface area contributed by atoms with Crippen molar-refractivity contribution < 1.29 is 126 Å². The van der Waals surface area contributed by atoms with Gasteiger partial charge >= 0.3 is 57.4 Å². The third-order valence-electron chi connectivity index (χ3n) is 1.12. The molecule has 0 fully saturated rings. The summed E-state index contributed by atoms with van der Waals surface area (Å²) in [6, 6.07) is 0. The van der Waals surface area contributed by atoms with Crippen LogP contribution in [0.25, 0.3) is 0 Å². The Morgan fingerprint density at radius 2 is 0.833 bits per heavy atom. The summed E-state index contributed by atoms with van der Waals surface area (Å²) in [5.41, 5.74) is 0. The predicted octanol–water partition coefficient (Wildman–Crippen LogP) is 7.15. The zero-order valence-corrected chi connectivity index (χ0v) is 29.5. The molecule has 0 bridgehead atoms. The smallest absolute Gasteiger partial charge is 0 e. The Morgan fingerprint density at radius 1 is 0.708 bits per heavy atom. The van der Waals surface area contributed by atoms with Gasteiger partial charge in [0.25, 0.3) is 0 Å². The summed E-state index contributed by atoms with van der Waals surface area (Å²) in [5, 5.41) is 0. The zero-order valence-electron chi connectivity index (χ0n) is 16.3. The fourth-order valence-corrected chi connectivity index (χ4v) is 1.22. The number of hydrogen-bond acceptors (Lipinski definition) is 0. The SMILES string of the molecule is CCCCP.CCCCP.C[CH-]C.C[CH-]C.[Cl][Ti][Cl].[Ti+2].[Ti].[Ti].[Ti].[Ti]. The first-order chi connectivity index (χ1) is 9.07. The molecule has 0 amide bonds. The molecule has 0 spiro atoms. The molecule has 0 nitrogen and oxygen atoms in total. The van der Waals surface area contributed by atoms with Crippen LogP contribution in [0.3, 0.4) is 0 Å². The molecule has 0 radical (unpaired) electrons. The van der Waals surface area contributed by atoms with Gasteiger partial charge in [0, 0.05) is 86.9 Å². The second kappa shape index (κ2) is 102. The summed E-state index contributed by atoms with van der Waals surface area (Å²) >= 11 is -0.556. The van der Waals surface area contributed by atoms with Crippen LogP contribution < -0.4 is 0 Å². The molecule has 0 aromatic heterocycles. The van der Waals surface area contributed by atoms with Crippen molar-refractivity contribution in [3.63, 3.8) is 0 Å². The van der Waals surface area contributed by atoms with Gasteiger partial charge in [0.15, 0.2) is 0 Å². The van der Waals surface area contributed by atoms with E-state index in [1.165, 1.54) is 38.0 Å². The topological polar surface area (TPSA) is 0 Å². The maximum atomic E-state index is 4.89. The van der Waals surface area contributed by atoms with Crippen molar-refractivity contribution in [2.45, 2.75) is 67.2 Å². The maximum absolute atomic E-state index is 4.89. The largest absolute Gasteiger partial charge is 2.00 e. The molecule has 140 valence electrons. The van der Waals surface area contributed by atoms with E-state index in [1.54, 1.807) is 0 Å². The van der Waals surface area contributed by atoms with E-state index >= 15 is 0 Å². The monoisotopic (exact) mass is 624 g/mol. The third-order valence-corrected chi connectivity index (χ3v) is 1.93. The van der Waals surface area contributed by atoms with Gasteiger partial charge in [-0.1, -0.05) is 39.5 Å². The first-order valence-electron chi connectivity index (χ1n) is 6.92. The molecular formula is C14H36Cl2P2Ti6. The zero-order chi connectivity index (χ0) is 16.4. The van der Waals surface area contributed by atoms with Gasteiger partial charge < -0.3 is 12.8 Å². The van der Waals surface area contributed by atoms with E-state index in [0.29, 0.717) is 0 Å². The minimum absolute atomic E-state index is 0. The average Bonchev–Trinajstić information content (AvgIpc) is 2.35. The van der Waals surface area contributed by atoms with E-state index in [4.69, 9.17) is 18.6 Å². The van der Waals surface area contributed by atoms with Gasteiger partial charge in [0.2, 0.25) is 0 Å². The number of halogens is 2. The molecule has 24 heavy (non-hydrogen) atoms. The van der Waals surface area contributed by atoms with E-state index < -0.39 is 17.0 Å². The molecule has 0 aromatic rings. The quantitative estimate of drug-likeness (QED) is 0.177. The Hall–Kier alpha value is 5.73. The second-order valence-electron chi connectivity index (χ2n) is 3.51. The molecule has 0 saturated heterocycles. The molecule has 0 aromatic carbocycles. The standard InChI is InChI=1S/2C4H11P.2C3H7.2ClH.6Ti/c2*1-2-3-4-5;2*1-3-2;;;;;;;;/h2*2-5H2,1H3;2*3H,1-2H3;2*1H;;;;;;/q;;2*-1;;;;;;;2*+2/p-2. The maximum Gasteiger partial charge on any atom is 2.00 e. The minimum atomic E-state index is -0.556. The first-order valence-corrected chi connectivity index (χ1v) is 12.8. The van der Waals surface area contributed by atoms with E-state index in [2.05, 4.69) is 32.3 Å². The van der Waals surface area contributed by atoms with E-state index in [0.717, 1.165) is 0 Å². The van der Waals surface area contributed by atoms with Gasteiger partial charge in [0.1, 0.15) is 0 Å². The van der Waals surface area contributed by atoms with Crippen LogP contribution >= 0.6 is 37.1 Å². The van der Waals surface area contributed by atoms with Crippen LogP contribution in [0.2, 0.25) is 0 Å². The molecule has 0 N–H and O–H groups in total. The molecule has 0 aliphatic heterocycles. The number of unbranched alkanes of at least 4 members (excludes halogenated alkanes) is 2. The van der Waals surface area contributed by atoms with Gasteiger partial charge in [-0.2, -0.15) is 27.7 Å². The summed E-state index contributed by atoms with van der Waals surface area (Å²) in [5.74, 6) is 0. The molecule has 0 heterocycles. The van der Waals surface area contributed by atoms with Crippen LogP contribution in [0.5, 0.6) is 0 Å². The Kier molecular flexibility index (Phi) is 267. The molecule has 0 aliphatic carbocycles. The predicted molar refractivity (Wildman–Crippen MR) is 102 cm³/mol. The molecule has 2 atom stereocenters. The normalized spacial score (nSPS) is 5.58. The summed E-state index contributed by atoms with van der Waals surface area (Å²) < 4.78 is 0. The van der Waals surface area contributed by atoms with Gasteiger partial charge in [-0.3, -0.25) is 0 Å². The Labute approximate surface area is 251 Å². The van der Waals surface area contributed by atoms with E-state index in [9.17, 15) is 0 Å². The molecule has 0 rings (SSSR count). The number of hydrogen-bond donors (Lipinski definition) is 0. The van der Waals surface area contributed by atoms with Crippen LogP contribution in [0, 0.1) is 12.8 Å².